The van der Waals surface area contributed by atoms with Crippen LogP contribution in [-0.4, -0.2) is 25.4 Å². The van der Waals surface area contributed by atoms with Crippen molar-refractivity contribution in [3.63, 3.8) is 0 Å². The molecule has 0 fully saturated rings. The van der Waals surface area contributed by atoms with Crippen molar-refractivity contribution in [3.8, 4) is 5.75 Å². The molecule has 4 heteroatoms. The SMILES string of the molecule is CCC(C)C(O)c1ccc(OCCOC)c(Br)c1. The van der Waals surface area contributed by atoms with Gasteiger partial charge in [0.1, 0.15) is 12.4 Å². The molecule has 0 heterocycles. The summed E-state index contributed by atoms with van der Waals surface area (Å²) in [6.45, 7) is 5.19. The number of rotatable bonds is 7. The predicted octanol–water partition coefficient (Wildman–Crippen LogP) is 3.55. The number of methoxy groups -OCH3 is 1. The van der Waals surface area contributed by atoms with Crippen LogP contribution in [0.5, 0.6) is 5.75 Å². The smallest absolute Gasteiger partial charge is 0.133 e. The predicted molar refractivity (Wildman–Crippen MR) is 75.9 cm³/mol. The molecule has 3 nitrogen and oxygen atoms in total. The maximum Gasteiger partial charge on any atom is 0.133 e. The molecule has 0 saturated heterocycles. The Balaban J connectivity index is 2.72. The minimum atomic E-state index is -0.431. The van der Waals surface area contributed by atoms with E-state index < -0.39 is 6.10 Å². The van der Waals surface area contributed by atoms with Gasteiger partial charge in [-0.1, -0.05) is 26.3 Å². The Morgan fingerprint density at radius 3 is 2.61 bits per heavy atom. The molecule has 0 spiro atoms. The number of halogens is 1. The quantitative estimate of drug-likeness (QED) is 0.782. The van der Waals surface area contributed by atoms with E-state index in [0.717, 1.165) is 22.2 Å². The van der Waals surface area contributed by atoms with Crippen LogP contribution in [0.15, 0.2) is 22.7 Å². The first-order valence-electron chi connectivity index (χ1n) is 6.19. The second-order valence-electron chi connectivity index (χ2n) is 4.36. The third kappa shape index (κ3) is 4.26. The molecule has 0 aliphatic carbocycles. The van der Waals surface area contributed by atoms with Crippen molar-refractivity contribution in [1.29, 1.82) is 0 Å². The molecule has 0 saturated carbocycles. The highest BCUT2D eigenvalue weighted by atomic mass is 79.9. The maximum absolute atomic E-state index is 10.1. The van der Waals surface area contributed by atoms with Crippen molar-refractivity contribution in [2.75, 3.05) is 20.3 Å². The minimum Gasteiger partial charge on any atom is -0.490 e. The zero-order chi connectivity index (χ0) is 13.5. The number of ether oxygens (including phenoxy) is 2. The van der Waals surface area contributed by atoms with Gasteiger partial charge in [-0.25, -0.2) is 0 Å². The van der Waals surface area contributed by atoms with Crippen LogP contribution in [0.1, 0.15) is 31.9 Å². The van der Waals surface area contributed by atoms with Crippen molar-refractivity contribution in [2.24, 2.45) is 5.92 Å². The lowest BCUT2D eigenvalue weighted by Gasteiger charge is -2.18. The first-order valence-corrected chi connectivity index (χ1v) is 6.98. The Bertz CT molecular complexity index is 368. The fourth-order valence-corrected chi connectivity index (χ4v) is 2.12. The molecule has 0 aliphatic heterocycles. The molecule has 1 aromatic carbocycles. The number of benzene rings is 1. The average Bonchev–Trinajstić information content (AvgIpc) is 2.39. The van der Waals surface area contributed by atoms with E-state index in [9.17, 15) is 5.11 Å². The number of hydrogen-bond donors (Lipinski definition) is 1. The molecule has 102 valence electrons. The summed E-state index contributed by atoms with van der Waals surface area (Å²) < 4.78 is 11.3. The van der Waals surface area contributed by atoms with E-state index in [1.54, 1.807) is 7.11 Å². The van der Waals surface area contributed by atoms with Crippen LogP contribution in [0, 0.1) is 5.92 Å². The van der Waals surface area contributed by atoms with Crippen LogP contribution < -0.4 is 4.74 Å². The van der Waals surface area contributed by atoms with Crippen molar-refractivity contribution in [1.82, 2.24) is 0 Å². The first-order chi connectivity index (χ1) is 8.60. The molecule has 0 radical (unpaired) electrons. The summed E-state index contributed by atoms with van der Waals surface area (Å²) in [6, 6.07) is 5.70. The molecule has 1 N–H and O–H groups in total. The third-order valence-corrected chi connectivity index (χ3v) is 3.65. The standard InChI is InChI=1S/C14H21BrO3/c1-4-10(2)14(16)11-5-6-13(12(15)9-11)18-8-7-17-3/h5-6,9-10,14,16H,4,7-8H2,1-3H3. The maximum atomic E-state index is 10.1. The van der Waals surface area contributed by atoms with Gasteiger partial charge in [0.05, 0.1) is 17.2 Å². The molecular formula is C14H21BrO3. The second kappa shape index (κ2) is 7.77. The van der Waals surface area contributed by atoms with Crippen molar-refractivity contribution >= 4 is 15.9 Å². The Morgan fingerprint density at radius 1 is 1.33 bits per heavy atom. The summed E-state index contributed by atoms with van der Waals surface area (Å²) in [5.41, 5.74) is 0.912. The zero-order valence-electron chi connectivity index (χ0n) is 11.1. The molecule has 1 aromatic rings. The van der Waals surface area contributed by atoms with Crippen LogP contribution in [-0.2, 0) is 4.74 Å². The van der Waals surface area contributed by atoms with Gasteiger partial charge in [-0.15, -0.1) is 0 Å². The topological polar surface area (TPSA) is 38.7 Å². The summed E-state index contributed by atoms with van der Waals surface area (Å²) in [4.78, 5) is 0. The fourth-order valence-electron chi connectivity index (χ4n) is 1.60. The number of hydrogen-bond acceptors (Lipinski definition) is 3. The molecule has 2 unspecified atom stereocenters. The van der Waals surface area contributed by atoms with Gasteiger partial charge >= 0.3 is 0 Å². The Kier molecular flexibility index (Phi) is 6.68. The molecule has 2 atom stereocenters. The van der Waals surface area contributed by atoms with Gasteiger partial charge in [0.2, 0.25) is 0 Å². The minimum absolute atomic E-state index is 0.247. The van der Waals surface area contributed by atoms with E-state index in [0.29, 0.717) is 13.2 Å². The fraction of sp³-hybridized carbons (Fsp3) is 0.571. The van der Waals surface area contributed by atoms with E-state index in [1.807, 2.05) is 25.1 Å². The number of aliphatic hydroxyl groups excluding tert-OH is 1. The van der Waals surface area contributed by atoms with E-state index in [4.69, 9.17) is 9.47 Å². The summed E-state index contributed by atoms with van der Waals surface area (Å²) in [6.07, 6.45) is 0.518. The van der Waals surface area contributed by atoms with Crippen LogP contribution >= 0.6 is 15.9 Å². The second-order valence-corrected chi connectivity index (χ2v) is 5.22. The molecule has 1 rings (SSSR count). The van der Waals surface area contributed by atoms with Gasteiger partial charge in [0, 0.05) is 7.11 Å². The summed E-state index contributed by atoms with van der Waals surface area (Å²) >= 11 is 3.46. The Labute approximate surface area is 117 Å². The van der Waals surface area contributed by atoms with Crippen molar-refractivity contribution in [2.45, 2.75) is 26.4 Å². The summed E-state index contributed by atoms with van der Waals surface area (Å²) in [5.74, 6) is 1.02. The Hall–Kier alpha value is -0.580. The lowest BCUT2D eigenvalue weighted by atomic mass is 9.95. The molecule has 0 aromatic heterocycles. The van der Waals surface area contributed by atoms with Gasteiger partial charge in [0.25, 0.3) is 0 Å². The Morgan fingerprint density at radius 2 is 2.06 bits per heavy atom. The monoisotopic (exact) mass is 316 g/mol. The lowest BCUT2D eigenvalue weighted by Crippen LogP contribution is -2.09. The largest absolute Gasteiger partial charge is 0.490 e. The van der Waals surface area contributed by atoms with Crippen molar-refractivity contribution < 1.29 is 14.6 Å². The molecule has 0 amide bonds. The summed E-state index contributed by atoms with van der Waals surface area (Å²) in [7, 11) is 1.64. The summed E-state index contributed by atoms with van der Waals surface area (Å²) in [5, 5.41) is 10.1. The highest BCUT2D eigenvalue weighted by Gasteiger charge is 2.15. The van der Waals surface area contributed by atoms with Gasteiger partial charge in [-0.05, 0) is 39.5 Å². The van der Waals surface area contributed by atoms with E-state index in [-0.39, 0.29) is 5.92 Å². The van der Waals surface area contributed by atoms with Gasteiger partial charge in [0.15, 0.2) is 0 Å². The highest BCUT2D eigenvalue weighted by Crippen LogP contribution is 2.31. The van der Waals surface area contributed by atoms with Gasteiger partial charge < -0.3 is 14.6 Å². The van der Waals surface area contributed by atoms with Crippen LogP contribution in [0.4, 0.5) is 0 Å². The van der Waals surface area contributed by atoms with Crippen LogP contribution in [0.2, 0.25) is 0 Å². The van der Waals surface area contributed by atoms with E-state index in [2.05, 4.69) is 22.9 Å². The van der Waals surface area contributed by atoms with Gasteiger partial charge in [-0.2, -0.15) is 0 Å². The van der Waals surface area contributed by atoms with Gasteiger partial charge in [-0.3, -0.25) is 0 Å². The van der Waals surface area contributed by atoms with E-state index in [1.165, 1.54) is 0 Å². The normalized spacial score (nSPS) is 14.3. The average molecular weight is 317 g/mol. The highest BCUT2D eigenvalue weighted by molar-refractivity contribution is 9.10. The zero-order valence-corrected chi connectivity index (χ0v) is 12.7. The third-order valence-electron chi connectivity index (χ3n) is 3.03. The van der Waals surface area contributed by atoms with Crippen molar-refractivity contribution in [3.05, 3.63) is 28.2 Å². The molecule has 18 heavy (non-hydrogen) atoms. The lowest BCUT2D eigenvalue weighted by molar-refractivity contribution is 0.115. The first kappa shape index (κ1) is 15.5. The van der Waals surface area contributed by atoms with Crippen LogP contribution in [0.3, 0.4) is 0 Å². The molecule has 0 aliphatic rings. The molecule has 0 bridgehead atoms. The van der Waals surface area contributed by atoms with Crippen LogP contribution in [0.25, 0.3) is 0 Å². The number of aliphatic hydroxyl groups is 1. The van der Waals surface area contributed by atoms with E-state index >= 15 is 0 Å². The molecular weight excluding hydrogens is 296 g/mol.